The van der Waals surface area contributed by atoms with Gasteiger partial charge in [-0.3, -0.25) is 15.0 Å². The summed E-state index contributed by atoms with van der Waals surface area (Å²) in [6.45, 7) is 4.95. The Labute approximate surface area is 312 Å². The number of aromatic nitrogens is 3. The lowest BCUT2D eigenvalue weighted by Gasteiger charge is -2.49. The first-order valence-electron chi connectivity index (χ1n) is 19.5. The van der Waals surface area contributed by atoms with Gasteiger partial charge < -0.3 is 0 Å². The van der Waals surface area contributed by atoms with Crippen LogP contribution in [0.1, 0.15) is 67.6 Å². The standard InChI is InChI=1S/C47H46N4S/c1-2-3-8-33-27-32(30-17-23-48-24-18-30)13-14-35(33)40-29-44-41(47(21-22-47)45-46(52-44)51-43-12-7-6-11-42(43)50-45)28-39(40)38-16-15-34(31-19-25-49-26-20-31)36-9-4-5-10-37(36)38/h2-4,7-9,12-19,23-25,27,29,33,35,37-39,41,44H,1,5-6,10-11,20-22,26,28H2/b8-3-. The smallest absolute Gasteiger partial charge is 0.119 e. The van der Waals surface area contributed by atoms with E-state index >= 15 is 0 Å². The summed E-state index contributed by atoms with van der Waals surface area (Å²) in [4.78, 5) is 19.6. The third-order valence-electron chi connectivity index (χ3n) is 13.1. The maximum atomic E-state index is 5.47. The molecule has 7 atom stereocenters. The van der Waals surface area contributed by atoms with Gasteiger partial charge in [0.1, 0.15) is 5.03 Å². The Morgan fingerprint density at radius 3 is 2.67 bits per heavy atom. The first-order valence-corrected chi connectivity index (χ1v) is 20.4. The second kappa shape index (κ2) is 13.3. The van der Waals surface area contributed by atoms with Crippen LogP contribution in [0, 0.1) is 35.5 Å². The Kier molecular flexibility index (Phi) is 8.23. The van der Waals surface area contributed by atoms with Crippen molar-refractivity contribution in [3.63, 3.8) is 0 Å². The molecule has 4 nitrogen and oxygen atoms in total. The monoisotopic (exact) mass is 698 g/mol. The summed E-state index contributed by atoms with van der Waals surface area (Å²) >= 11 is 2.01. The molecule has 2 aliphatic heterocycles. The first-order chi connectivity index (χ1) is 25.7. The molecule has 260 valence electrons. The van der Waals surface area contributed by atoms with Crippen molar-refractivity contribution in [3.05, 3.63) is 155 Å². The van der Waals surface area contributed by atoms with E-state index in [0.29, 0.717) is 28.9 Å². The molecule has 10 rings (SSSR count). The van der Waals surface area contributed by atoms with Crippen LogP contribution < -0.4 is 0 Å². The van der Waals surface area contributed by atoms with Crippen LogP contribution in [-0.2, 0) is 11.8 Å². The van der Waals surface area contributed by atoms with Gasteiger partial charge in [0.2, 0.25) is 0 Å². The lowest BCUT2D eigenvalue weighted by molar-refractivity contribution is 0.220. The van der Waals surface area contributed by atoms with Crippen LogP contribution in [0.25, 0.3) is 11.6 Å². The van der Waals surface area contributed by atoms with Gasteiger partial charge >= 0.3 is 0 Å². The van der Waals surface area contributed by atoms with Gasteiger partial charge in [0, 0.05) is 47.7 Å². The molecule has 5 heteroatoms. The van der Waals surface area contributed by atoms with Crippen LogP contribution in [-0.4, -0.2) is 33.0 Å². The molecular weight excluding hydrogens is 653 g/mol. The molecule has 8 aliphatic rings. The van der Waals surface area contributed by atoms with E-state index in [1.165, 1.54) is 64.4 Å². The zero-order chi connectivity index (χ0) is 34.6. The number of hydrogen-bond acceptors (Lipinski definition) is 5. The van der Waals surface area contributed by atoms with Gasteiger partial charge in [0.25, 0.3) is 0 Å². The van der Waals surface area contributed by atoms with Crippen LogP contribution in [0.4, 0.5) is 0 Å². The van der Waals surface area contributed by atoms with E-state index in [2.05, 4.69) is 108 Å². The maximum absolute atomic E-state index is 5.47. The van der Waals surface area contributed by atoms with E-state index in [0.717, 1.165) is 37.9 Å². The number of hydrogen-bond donors (Lipinski definition) is 0. The van der Waals surface area contributed by atoms with E-state index < -0.39 is 0 Å². The number of nitrogens with zero attached hydrogens (tertiary/aromatic N) is 4. The predicted octanol–water partition coefficient (Wildman–Crippen LogP) is 10.4. The third kappa shape index (κ3) is 5.50. The Morgan fingerprint density at radius 1 is 0.923 bits per heavy atom. The van der Waals surface area contributed by atoms with Gasteiger partial charge in [0.05, 0.1) is 17.1 Å². The molecule has 7 unspecified atom stereocenters. The van der Waals surface area contributed by atoms with Crippen molar-refractivity contribution in [1.82, 2.24) is 15.0 Å². The largest absolute Gasteiger partial charge is 0.293 e. The highest BCUT2D eigenvalue weighted by Gasteiger charge is 2.60. The molecule has 1 spiro atoms. The van der Waals surface area contributed by atoms with E-state index in [4.69, 9.17) is 9.97 Å². The molecule has 0 N–H and O–H groups in total. The molecule has 2 aromatic rings. The Morgan fingerprint density at radius 2 is 1.83 bits per heavy atom. The number of thioether (sulfide) groups is 1. The summed E-state index contributed by atoms with van der Waals surface area (Å²) in [7, 11) is 0. The molecule has 4 heterocycles. The zero-order valence-corrected chi connectivity index (χ0v) is 30.6. The van der Waals surface area contributed by atoms with Crippen molar-refractivity contribution in [1.29, 1.82) is 0 Å². The number of allylic oxidation sites excluding steroid dienone is 16. The third-order valence-corrected chi connectivity index (χ3v) is 14.4. The van der Waals surface area contributed by atoms with Crippen molar-refractivity contribution >= 4 is 29.6 Å². The molecule has 52 heavy (non-hydrogen) atoms. The maximum Gasteiger partial charge on any atom is 0.119 e. The van der Waals surface area contributed by atoms with E-state index in [-0.39, 0.29) is 17.3 Å². The molecule has 1 saturated carbocycles. The van der Waals surface area contributed by atoms with Gasteiger partial charge in [-0.15, -0.1) is 0 Å². The zero-order valence-electron chi connectivity index (χ0n) is 29.8. The van der Waals surface area contributed by atoms with Gasteiger partial charge in [0.15, 0.2) is 0 Å². The number of aryl methyl sites for hydroxylation is 1. The van der Waals surface area contributed by atoms with Crippen LogP contribution >= 0.6 is 11.8 Å². The quantitative estimate of drug-likeness (QED) is 0.223. The fourth-order valence-electron chi connectivity index (χ4n) is 10.5. The summed E-state index contributed by atoms with van der Waals surface area (Å²) < 4.78 is 0. The van der Waals surface area contributed by atoms with Crippen LogP contribution in [0.5, 0.6) is 0 Å². The van der Waals surface area contributed by atoms with Gasteiger partial charge in [-0.05, 0) is 127 Å². The number of aliphatic imine (C=N–C) groups is 1. The molecular formula is C47H46N4S. The Hall–Kier alpha value is -4.35. The fourth-order valence-corrected chi connectivity index (χ4v) is 12.0. The second-order valence-electron chi connectivity index (χ2n) is 15.8. The van der Waals surface area contributed by atoms with Crippen molar-refractivity contribution < 1.29 is 0 Å². The summed E-state index contributed by atoms with van der Waals surface area (Å²) in [6, 6.07) is 4.25. The lowest BCUT2D eigenvalue weighted by Crippen LogP contribution is -2.43. The minimum atomic E-state index is 0.161. The average Bonchev–Trinajstić information content (AvgIpc) is 4.01. The van der Waals surface area contributed by atoms with Gasteiger partial charge in [-0.1, -0.05) is 96.8 Å². The summed E-state index contributed by atoms with van der Waals surface area (Å²) in [6.07, 6.45) is 48.3. The number of pyridine rings is 1. The van der Waals surface area contributed by atoms with Gasteiger partial charge in [-0.2, -0.15) is 0 Å². The van der Waals surface area contributed by atoms with Crippen LogP contribution in [0.15, 0.2) is 142 Å². The molecule has 0 radical (unpaired) electrons. The average molecular weight is 699 g/mol. The van der Waals surface area contributed by atoms with Gasteiger partial charge in [-0.25, -0.2) is 4.98 Å². The van der Waals surface area contributed by atoms with E-state index in [9.17, 15) is 0 Å². The fraction of sp³-hybridized carbons (Fsp3) is 0.362. The topological polar surface area (TPSA) is 51.0 Å². The molecule has 1 fully saturated rings. The highest BCUT2D eigenvalue weighted by molar-refractivity contribution is 8.00. The van der Waals surface area contributed by atoms with Crippen molar-refractivity contribution in [2.45, 2.75) is 67.1 Å². The van der Waals surface area contributed by atoms with Crippen molar-refractivity contribution in [2.24, 2.45) is 40.5 Å². The molecule has 0 aromatic carbocycles. The highest BCUT2D eigenvalue weighted by Crippen LogP contribution is 2.66. The second-order valence-corrected chi connectivity index (χ2v) is 17.0. The lowest BCUT2D eigenvalue weighted by atomic mass is 9.58. The molecule has 2 aromatic heterocycles. The normalized spacial score (nSPS) is 32.1. The number of dihydropyridines is 1. The first kappa shape index (κ1) is 32.3. The van der Waals surface area contributed by atoms with Crippen LogP contribution in [0.3, 0.4) is 0 Å². The summed E-state index contributed by atoms with van der Waals surface area (Å²) in [5.74, 6) is 2.51. The minimum absolute atomic E-state index is 0.161. The Balaban J connectivity index is 1.09. The SMILES string of the molecule is C=C/C=C\C1C=C(c2ccncc2)C=CC1C1=CC2Sc3nc4c(nc3C3(CC3)C2CC1C1C=CC(C2=CC=NCC2)=C2C=CCCC21)CCC=C4. The van der Waals surface area contributed by atoms with Crippen molar-refractivity contribution in [2.75, 3.05) is 6.54 Å². The van der Waals surface area contributed by atoms with E-state index in [1.807, 2.05) is 36.4 Å². The molecule has 0 amide bonds. The molecule has 6 aliphatic carbocycles. The number of rotatable bonds is 6. The minimum Gasteiger partial charge on any atom is -0.293 e. The highest BCUT2D eigenvalue weighted by atomic mass is 32.2. The molecule has 0 bridgehead atoms. The number of fused-ring (bicyclic) bond motifs is 6. The summed E-state index contributed by atoms with van der Waals surface area (Å²) in [5, 5.41) is 1.59. The van der Waals surface area contributed by atoms with Crippen LogP contribution in [0.2, 0.25) is 0 Å². The van der Waals surface area contributed by atoms with E-state index in [1.54, 1.807) is 11.1 Å². The predicted molar refractivity (Wildman–Crippen MR) is 215 cm³/mol. The van der Waals surface area contributed by atoms with Crippen molar-refractivity contribution in [3.8, 4) is 0 Å². The molecule has 0 saturated heterocycles. The Bertz CT molecular complexity index is 2120. The summed E-state index contributed by atoms with van der Waals surface area (Å²) in [5.41, 5.74) is 12.4.